The molecule has 2 aromatic heterocycles. The Morgan fingerprint density at radius 1 is 1.21 bits per heavy atom. The highest BCUT2D eigenvalue weighted by molar-refractivity contribution is 5.94. The number of halogens is 1. The van der Waals surface area contributed by atoms with Gasteiger partial charge in [-0.05, 0) is 60.8 Å². The first kappa shape index (κ1) is 23.5. The number of aryl methyl sites for hydroxylation is 1. The summed E-state index contributed by atoms with van der Waals surface area (Å²) in [4.78, 5) is 43.2. The van der Waals surface area contributed by atoms with E-state index in [1.807, 2.05) is 0 Å². The molecule has 10 heteroatoms. The Balaban J connectivity index is 1.52. The van der Waals surface area contributed by atoms with E-state index in [0.717, 1.165) is 40.5 Å². The number of pyridine rings is 2. The molecule has 1 unspecified atom stereocenters. The average molecular weight is 520 g/mol. The van der Waals surface area contributed by atoms with Crippen molar-refractivity contribution in [3.05, 3.63) is 61.7 Å². The number of carbonyl (C=O) groups excluding carboxylic acids is 2. The Morgan fingerprint density at radius 2 is 2.00 bits per heavy atom. The van der Waals surface area contributed by atoms with E-state index in [4.69, 9.17) is 9.72 Å². The summed E-state index contributed by atoms with van der Waals surface area (Å²) in [5.74, 6) is -1.44. The molecule has 1 saturated carbocycles. The zero-order chi connectivity index (χ0) is 26.5. The number of aliphatic hydroxyl groups is 2. The summed E-state index contributed by atoms with van der Waals surface area (Å²) in [5, 5.41) is 24.3. The Bertz CT molecular complexity index is 1660. The van der Waals surface area contributed by atoms with Gasteiger partial charge in [0.05, 0.1) is 35.1 Å². The molecule has 1 aromatic carbocycles. The number of ether oxygens (including phenoxy) is 1. The van der Waals surface area contributed by atoms with Gasteiger partial charge in [-0.25, -0.2) is 14.2 Å². The van der Waals surface area contributed by atoms with Crippen molar-refractivity contribution < 1.29 is 28.9 Å². The fourth-order valence-electron chi connectivity index (χ4n) is 6.62. The maximum absolute atomic E-state index is 15.4. The van der Waals surface area contributed by atoms with Gasteiger partial charge in [-0.15, -0.1) is 0 Å². The van der Waals surface area contributed by atoms with Gasteiger partial charge in [0, 0.05) is 22.6 Å². The van der Waals surface area contributed by atoms with Crippen molar-refractivity contribution in [1.82, 2.24) is 14.9 Å². The lowest BCUT2D eigenvalue weighted by Gasteiger charge is -2.31. The number of hydrogen-bond acceptors (Lipinski definition) is 7. The standard InChI is InChI=1S/C28H26FN3O6/c1-2-28(37)16-7-20-25-14(9-32(20)26(35)15(16)11-38-27(28)36)24-18(30-21(34)10-33)6-5-13-22(12-3-4-12)17(29)8-19(31-25)23(13)24/h7-8,12,18,33,37H,2-6,9-11H2,1H3,(H,30,34)/t18?,28-/m0/s1. The summed E-state index contributed by atoms with van der Waals surface area (Å²) < 4.78 is 22.1. The van der Waals surface area contributed by atoms with Crippen LogP contribution in [0.4, 0.5) is 4.39 Å². The monoisotopic (exact) mass is 519 g/mol. The highest BCUT2D eigenvalue weighted by Crippen LogP contribution is 2.50. The smallest absolute Gasteiger partial charge is 0.343 e. The van der Waals surface area contributed by atoms with Crippen molar-refractivity contribution in [1.29, 1.82) is 0 Å². The summed E-state index contributed by atoms with van der Waals surface area (Å²) in [6.07, 6.45) is 2.97. The quantitative estimate of drug-likeness (QED) is 0.352. The summed E-state index contributed by atoms with van der Waals surface area (Å²) in [6, 6.07) is 2.61. The van der Waals surface area contributed by atoms with Gasteiger partial charge in [-0.2, -0.15) is 0 Å². The minimum atomic E-state index is -1.95. The molecule has 196 valence electrons. The maximum Gasteiger partial charge on any atom is 0.343 e. The van der Waals surface area contributed by atoms with Gasteiger partial charge in [0.15, 0.2) is 5.60 Å². The largest absolute Gasteiger partial charge is 0.458 e. The van der Waals surface area contributed by atoms with Crippen LogP contribution >= 0.6 is 0 Å². The molecule has 7 rings (SSSR count). The van der Waals surface area contributed by atoms with Crippen LogP contribution in [-0.2, 0) is 39.5 Å². The number of aromatic nitrogens is 2. The van der Waals surface area contributed by atoms with E-state index in [-0.39, 0.29) is 48.0 Å². The molecule has 9 nitrogen and oxygen atoms in total. The van der Waals surface area contributed by atoms with Gasteiger partial charge in [0.1, 0.15) is 19.0 Å². The normalized spacial score (nSPS) is 23.1. The molecule has 3 aromatic rings. The first-order valence-corrected chi connectivity index (χ1v) is 13.0. The highest BCUT2D eigenvalue weighted by atomic mass is 19.1. The van der Waals surface area contributed by atoms with Crippen molar-refractivity contribution in [2.75, 3.05) is 6.61 Å². The van der Waals surface area contributed by atoms with Crippen LogP contribution in [0.2, 0.25) is 0 Å². The highest BCUT2D eigenvalue weighted by Gasteiger charge is 2.46. The van der Waals surface area contributed by atoms with Crippen LogP contribution < -0.4 is 10.9 Å². The molecule has 0 bridgehead atoms. The van der Waals surface area contributed by atoms with E-state index < -0.39 is 30.1 Å². The molecule has 4 aliphatic rings. The number of cyclic esters (lactones) is 1. The van der Waals surface area contributed by atoms with Gasteiger partial charge in [-0.1, -0.05) is 6.92 Å². The van der Waals surface area contributed by atoms with Crippen LogP contribution in [0.25, 0.3) is 22.3 Å². The molecule has 2 atom stereocenters. The fraction of sp³-hybridized carbons (Fsp3) is 0.429. The van der Waals surface area contributed by atoms with E-state index in [1.165, 1.54) is 6.07 Å². The summed E-state index contributed by atoms with van der Waals surface area (Å²) >= 11 is 0. The van der Waals surface area contributed by atoms with Crippen LogP contribution in [0.15, 0.2) is 16.9 Å². The molecule has 4 heterocycles. The topological polar surface area (TPSA) is 131 Å². The third kappa shape index (κ3) is 3.04. The third-order valence-corrected chi connectivity index (χ3v) is 8.61. The predicted octanol–water partition coefficient (Wildman–Crippen LogP) is 2.19. The molecule has 38 heavy (non-hydrogen) atoms. The Labute approximate surface area is 216 Å². The van der Waals surface area contributed by atoms with Gasteiger partial charge in [-0.3, -0.25) is 9.59 Å². The number of amides is 1. The Hall–Kier alpha value is -3.63. The first-order valence-electron chi connectivity index (χ1n) is 13.0. The lowest BCUT2D eigenvalue weighted by Crippen LogP contribution is -2.44. The summed E-state index contributed by atoms with van der Waals surface area (Å²) in [7, 11) is 0. The molecule has 0 saturated heterocycles. The van der Waals surface area contributed by atoms with Gasteiger partial charge >= 0.3 is 5.97 Å². The predicted molar refractivity (Wildman–Crippen MR) is 133 cm³/mol. The fourth-order valence-corrected chi connectivity index (χ4v) is 6.62. The van der Waals surface area contributed by atoms with E-state index >= 15 is 4.39 Å². The molecule has 1 amide bonds. The van der Waals surface area contributed by atoms with E-state index in [0.29, 0.717) is 29.7 Å². The number of nitrogens with one attached hydrogen (secondary N) is 1. The number of carbonyl (C=O) groups is 2. The molecule has 0 spiro atoms. The van der Waals surface area contributed by atoms with Gasteiger partial charge in [0.2, 0.25) is 5.91 Å². The van der Waals surface area contributed by atoms with E-state index in [1.54, 1.807) is 17.6 Å². The summed E-state index contributed by atoms with van der Waals surface area (Å²) in [6.45, 7) is 0.922. The van der Waals surface area contributed by atoms with Crippen LogP contribution in [0.1, 0.15) is 77.9 Å². The average Bonchev–Trinajstić information content (AvgIpc) is 3.68. The number of aliphatic hydroxyl groups excluding tert-OH is 1. The Kier molecular flexibility index (Phi) is 4.91. The lowest BCUT2D eigenvalue weighted by atomic mass is 9.80. The number of benzene rings is 1. The number of fused-ring (bicyclic) bond motifs is 5. The maximum atomic E-state index is 15.4. The van der Waals surface area contributed by atoms with Crippen molar-refractivity contribution in [2.45, 2.75) is 69.7 Å². The zero-order valence-corrected chi connectivity index (χ0v) is 20.8. The number of rotatable bonds is 4. The third-order valence-electron chi connectivity index (χ3n) is 8.61. The van der Waals surface area contributed by atoms with Crippen LogP contribution in [0.5, 0.6) is 0 Å². The number of esters is 1. The minimum absolute atomic E-state index is 0.0266. The molecule has 2 aliphatic carbocycles. The number of nitrogens with zero attached hydrogens (tertiary/aromatic N) is 2. The van der Waals surface area contributed by atoms with E-state index in [2.05, 4.69) is 5.32 Å². The van der Waals surface area contributed by atoms with Crippen LogP contribution in [0.3, 0.4) is 0 Å². The minimum Gasteiger partial charge on any atom is -0.458 e. The van der Waals surface area contributed by atoms with Crippen LogP contribution in [-0.4, -0.2) is 38.2 Å². The van der Waals surface area contributed by atoms with Gasteiger partial charge in [0.25, 0.3) is 5.56 Å². The lowest BCUT2D eigenvalue weighted by molar-refractivity contribution is -0.172. The second-order valence-corrected chi connectivity index (χ2v) is 10.7. The molecule has 0 radical (unpaired) electrons. The van der Waals surface area contributed by atoms with Crippen LogP contribution in [0, 0.1) is 5.82 Å². The van der Waals surface area contributed by atoms with E-state index in [9.17, 15) is 24.6 Å². The zero-order valence-electron chi connectivity index (χ0n) is 20.8. The van der Waals surface area contributed by atoms with Crippen molar-refractivity contribution in [3.63, 3.8) is 0 Å². The molecule has 3 N–H and O–H groups in total. The Morgan fingerprint density at radius 3 is 2.71 bits per heavy atom. The molecular formula is C28H26FN3O6. The molecular weight excluding hydrogens is 493 g/mol. The second-order valence-electron chi connectivity index (χ2n) is 10.7. The van der Waals surface area contributed by atoms with Crippen molar-refractivity contribution >= 4 is 22.8 Å². The number of hydrogen-bond donors (Lipinski definition) is 3. The summed E-state index contributed by atoms with van der Waals surface area (Å²) in [5.41, 5.74) is 2.55. The molecule has 1 fully saturated rings. The first-order chi connectivity index (χ1) is 18.3. The van der Waals surface area contributed by atoms with Crippen molar-refractivity contribution in [2.24, 2.45) is 0 Å². The molecule has 2 aliphatic heterocycles. The van der Waals surface area contributed by atoms with Crippen molar-refractivity contribution in [3.8, 4) is 11.4 Å². The SMILES string of the molecule is CC[C@@]1(O)C(=O)OCc2c1cc1n(c2=O)Cc2c-1nc1cc(F)c(C3CC3)c3c1c2C(NC(=O)CO)CC3. The second kappa shape index (κ2) is 7.94. The van der Waals surface area contributed by atoms with Gasteiger partial charge < -0.3 is 24.8 Å².